The molecule has 0 saturated heterocycles. The Morgan fingerprint density at radius 3 is 2.47 bits per heavy atom. The number of hydrogen-bond acceptors (Lipinski definition) is 6. The number of nitrogens with zero attached hydrogens (tertiary/aromatic N) is 4. The van der Waals surface area contributed by atoms with E-state index in [0.29, 0.717) is 5.92 Å². The molecule has 19 heavy (non-hydrogen) atoms. The van der Waals surface area contributed by atoms with Crippen LogP contribution in [0.2, 0.25) is 0 Å². The number of fused-ring (bicyclic) bond motifs is 1. The van der Waals surface area contributed by atoms with E-state index >= 15 is 0 Å². The second-order valence-electron chi connectivity index (χ2n) is 4.84. The molecule has 100 valence electrons. The molecule has 7 heteroatoms. The van der Waals surface area contributed by atoms with E-state index in [1.165, 1.54) is 21.8 Å². The van der Waals surface area contributed by atoms with Gasteiger partial charge in [-0.05, 0) is 19.4 Å². The molecule has 0 unspecified atom stereocenters. The van der Waals surface area contributed by atoms with Crippen molar-refractivity contribution in [3.8, 4) is 10.6 Å². The predicted molar refractivity (Wildman–Crippen MR) is 79.9 cm³/mol. The van der Waals surface area contributed by atoms with E-state index in [2.05, 4.69) is 43.0 Å². The summed E-state index contributed by atoms with van der Waals surface area (Å²) in [5.74, 6) is 1.19. The van der Waals surface area contributed by atoms with E-state index in [1.54, 1.807) is 11.3 Å². The Morgan fingerprint density at radius 2 is 1.89 bits per heavy atom. The maximum atomic E-state index is 6.10. The summed E-state index contributed by atoms with van der Waals surface area (Å²) in [6.07, 6.45) is 0. The van der Waals surface area contributed by atoms with Crippen LogP contribution < -0.4 is 5.73 Å². The minimum atomic E-state index is 0.299. The van der Waals surface area contributed by atoms with Crippen molar-refractivity contribution in [3.05, 3.63) is 16.3 Å². The third kappa shape index (κ3) is 1.84. The summed E-state index contributed by atoms with van der Waals surface area (Å²) in [5.41, 5.74) is 8.36. The van der Waals surface area contributed by atoms with Crippen LogP contribution in [0, 0.1) is 13.8 Å². The monoisotopic (exact) mass is 293 g/mol. The Labute approximate surface area is 119 Å². The first-order valence-corrected chi connectivity index (χ1v) is 7.70. The molecule has 0 radical (unpaired) electrons. The van der Waals surface area contributed by atoms with Crippen molar-refractivity contribution >= 4 is 32.6 Å². The van der Waals surface area contributed by atoms with Crippen molar-refractivity contribution in [3.63, 3.8) is 0 Å². The molecule has 0 aromatic carbocycles. The molecule has 0 aliphatic heterocycles. The number of hydrogen-bond donors (Lipinski definition) is 1. The lowest BCUT2D eigenvalue weighted by Crippen LogP contribution is -1.98. The van der Waals surface area contributed by atoms with Crippen LogP contribution in [-0.2, 0) is 0 Å². The highest BCUT2D eigenvalue weighted by atomic mass is 32.1. The number of rotatable bonds is 2. The van der Waals surface area contributed by atoms with Gasteiger partial charge in [-0.3, -0.25) is 0 Å². The van der Waals surface area contributed by atoms with Crippen LogP contribution in [0.4, 0.5) is 5.00 Å². The van der Waals surface area contributed by atoms with Gasteiger partial charge in [-0.1, -0.05) is 25.2 Å². The van der Waals surface area contributed by atoms with Gasteiger partial charge in [0.25, 0.3) is 0 Å². The van der Waals surface area contributed by atoms with Crippen molar-refractivity contribution in [2.75, 3.05) is 5.73 Å². The first kappa shape index (κ1) is 12.6. The molecule has 3 rings (SSSR count). The van der Waals surface area contributed by atoms with Gasteiger partial charge >= 0.3 is 0 Å². The van der Waals surface area contributed by atoms with Gasteiger partial charge in [0.1, 0.15) is 0 Å². The molecule has 0 amide bonds. The number of nitrogens with two attached hydrogens (primary N) is 1. The normalized spacial score (nSPS) is 11.8. The molecule has 0 fully saturated rings. The standard InChI is InChI=1S/C12H15N5S2/c1-5(2)10-14-15-12-17(10)16-11(19-12)8-6(3)7(4)18-9(8)13/h5H,13H2,1-4H3. The van der Waals surface area contributed by atoms with Gasteiger partial charge < -0.3 is 5.73 Å². The first-order valence-electron chi connectivity index (χ1n) is 6.07. The maximum absolute atomic E-state index is 6.10. The molecule has 2 N–H and O–H groups in total. The van der Waals surface area contributed by atoms with Crippen LogP contribution >= 0.6 is 22.7 Å². The highest BCUT2D eigenvalue weighted by Crippen LogP contribution is 2.39. The summed E-state index contributed by atoms with van der Waals surface area (Å²) in [7, 11) is 0. The first-order chi connectivity index (χ1) is 8.99. The van der Waals surface area contributed by atoms with Crippen LogP contribution in [0.5, 0.6) is 0 Å². The quantitative estimate of drug-likeness (QED) is 0.787. The van der Waals surface area contributed by atoms with Gasteiger partial charge in [0.15, 0.2) is 10.8 Å². The second-order valence-corrected chi connectivity index (χ2v) is 7.05. The summed E-state index contributed by atoms with van der Waals surface area (Å²) in [4.78, 5) is 2.06. The van der Waals surface area contributed by atoms with Crippen LogP contribution in [0.15, 0.2) is 0 Å². The minimum absolute atomic E-state index is 0.299. The highest BCUT2D eigenvalue weighted by Gasteiger charge is 2.19. The predicted octanol–water partition coefficient (Wildman–Crippen LogP) is 3.24. The average Bonchev–Trinajstić information content (AvgIpc) is 2.93. The van der Waals surface area contributed by atoms with Gasteiger partial charge in [-0.15, -0.1) is 21.5 Å². The molecule has 0 atom stereocenters. The molecule has 5 nitrogen and oxygen atoms in total. The van der Waals surface area contributed by atoms with E-state index in [1.807, 2.05) is 4.52 Å². The summed E-state index contributed by atoms with van der Waals surface area (Å²) in [5, 5.41) is 14.7. The Kier molecular flexibility index (Phi) is 2.83. The number of aryl methyl sites for hydroxylation is 1. The van der Waals surface area contributed by atoms with E-state index in [4.69, 9.17) is 5.73 Å². The fourth-order valence-corrected chi connectivity index (χ4v) is 3.98. The van der Waals surface area contributed by atoms with Gasteiger partial charge in [0.05, 0.1) is 5.00 Å². The van der Waals surface area contributed by atoms with Crippen LogP contribution in [0.3, 0.4) is 0 Å². The molecule has 0 saturated carbocycles. The molecule has 0 spiro atoms. The lowest BCUT2D eigenvalue weighted by molar-refractivity contribution is 0.727. The summed E-state index contributed by atoms with van der Waals surface area (Å²) >= 11 is 3.15. The Hall–Kier alpha value is -1.47. The highest BCUT2D eigenvalue weighted by molar-refractivity contribution is 7.21. The lowest BCUT2D eigenvalue weighted by atomic mass is 10.2. The molecular formula is C12H15N5S2. The fraction of sp³-hybridized carbons (Fsp3) is 0.417. The van der Waals surface area contributed by atoms with Crippen molar-refractivity contribution < 1.29 is 0 Å². The van der Waals surface area contributed by atoms with Crippen LogP contribution in [-0.4, -0.2) is 19.8 Å². The Bertz CT molecular complexity index is 750. The zero-order valence-electron chi connectivity index (χ0n) is 11.3. The third-order valence-corrected chi connectivity index (χ3v) is 5.11. The molecule has 3 heterocycles. The Balaban J connectivity index is 2.21. The average molecular weight is 293 g/mol. The number of nitrogen functional groups attached to an aromatic ring is 1. The van der Waals surface area contributed by atoms with Crippen molar-refractivity contribution in [2.24, 2.45) is 0 Å². The van der Waals surface area contributed by atoms with E-state index in [0.717, 1.165) is 26.4 Å². The fourth-order valence-electron chi connectivity index (χ4n) is 2.01. The molecule has 0 bridgehead atoms. The molecule has 0 aliphatic carbocycles. The van der Waals surface area contributed by atoms with E-state index < -0.39 is 0 Å². The van der Waals surface area contributed by atoms with Crippen LogP contribution in [0.25, 0.3) is 15.5 Å². The van der Waals surface area contributed by atoms with Gasteiger partial charge in [-0.25, -0.2) is 0 Å². The SMILES string of the molecule is Cc1sc(N)c(-c2nn3c(C(C)C)nnc3s2)c1C. The van der Waals surface area contributed by atoms with Crippen molar-refractivity contribution in [1.29, 1.82) is 0 Å². The maximum Gasteiger partial charge on any atom is 0.234 e. The minimum Gasteiger partial charge on any atom is -0.390 e. The lowest BCUT2D eigenvalue weighted by Gasteiger charge is -1.99. The Morgan fingerprint density at radius 1 is 1.16 bits per heavy atom. The van der Waals surface area contributed by atoms with Gasteiger partial charge in [0, 0.05) is 16.4 Å². The number of aromatic nitrogens is 4. The van der Waals surface area contributed by atoms with Gasteiger partial charge in [0.2, 0.25) is 4.96 Å². The topological polar surface area (TPSA) is 69.1 Å². The second kappa shape index (κ2) is 4.28. The van der Waals surface area contributed by atoms with E-state index in [9.17, 15) is 0 Å². The van der Waals surface area contributed by atoms with Gasteiger partial charge in [-0.2, -0.15) is 9.61 Å². The zero-order chi connectivity index (χ0) is 13.7. The molecular weight excluding hydrogens is 278 g/mol. The smallest absolute Gasteiger partial charge is 0.234 e. The summed E-state index contributed by atoms with van der Waals surface area (Å²) < 4.78 is 1.83. The van der Waals surface area contributed by atoms with E-state index in [-0.39, 0.29) is 0 Å². The zero-order valence-corrected chi connectivity index (χ0v) is 12.9. The molecule has 3 aromatic heterocycles. The van der Waals surface area contributed by atoms with Crippen molar-refractivity contribution in [2.45, 2.75) is 33.6 Å². The number of anilines is 1. The molecule has 3 aromatic rings. The third-order valence-electron chi connectivity index (χ3n) is 3.16. The van der Waals surface area contributed by atoms with Crippen LogP contribution in [0.1, 0.15) is 36.0 Å². The number of thiophene rings is 1. The largest absolute Gasteiger partial charge is 0.390 e. The molecule has 0 aliphatic rings. The summed E-state index contributed by atoms with van der Waals surface area (Å²) in [6, 6.07) is 0. The summed E-state index contributed by atoms with van der Waals surface area (Å²) in [6.45, 7) is 8.34. The van der Waals surface area contributed by atoms with Crippen molar-refractivity contribution in [1.82, 2.24) is 19.8 Å².